The number of carbonyl (C=O) groups is 1. The Morgan fingerprint density at radius 2 is 1.83 bits per heavy atom. The van der Waals surface area contributed by atoms with Crippen LogP contribution in [0.1, 0.15) is 16.1 Å². The summed E-state index contributed by atoms with van der Waals surface area (Å²) in [4.78, 5) is 25.4. The summed E-state index contributed by atoms with van der Waals surface area (Å²) in [5, 5.41) is 7.03. The minimum Gasteiger partial charge on any atom is -0.496 e. The molecule has 0 aliphatic carbocycles. The smallest absolute Gasteiger partial charge is 0.275 e. The molecule has 1 amide bonds. The van der Waals surface area contributed by atoms with E-state index in [2.05, 4.69) is 25.6 Å². The third-order valence-electron chi connectivity index (χ3n) is 4.66. The SMILES string of the molecule is COc1ccccc1CCNc1cnc(C(=O)Nc2cccc3cccnc23)cn1. The fraction of sp³-hybridized carbons (Fsp3) is 0.130. The number of carbonyl (C=O) groups excluding carboxylic acids is 1. The third kappa shape index (κ3) is 4.35. The lowest BCUT2D eigenvalue weighted by Gasteiger charge is -2.10. The second kappa shape index (κ2) is 9.00. The van der Waals surface area contributed by atoms with E-state index in [0.717, 1.165) is 28.6 Å². The maximum absolute atomic E-state index is 12.6. The van der Waals surface area contributed by atoms with Crippen LogP contribution in [0.4, 0.5) is 11.5 Å². The number of para-hydroxylation sites is 2. The average Bonchev–Trinajstić information content (AvgIpc) is 2.80. The van der Waals surface area contributed by atoms with E-state index in [1.54, 1.807) is 19.5 Å². The fourth-order valence-corrected chi connectivity index (χ4v) is 3.16. The maximum atomic E-state index is 12.6. The molecule has 4 aromatic rings. The van der Waals surface area contributed by atoms with Gasteiger partial charge in [-0.3, -0.25) is 9.78 Å². The molecule has 2 aromatic heterocycles. The highest BCUT2D eigenvalue weighted by Crippen LogP contribution is 2.21. The van der Waals surface area contributed by atoms with Crippen LogP contribution in [0.5, 0.6) is 5.75 Å². The second-order valence-corrected chi connectivity index (χ2v) is 6.61. The van der Waals surface area contributed by atoms with E-state index in [1.165, 1.54) is 6.20 Å². The van der Waals surface area contributed by atoms with Crippen molar-refractivity contribution in [1.82, 2.24) is 15.0 Å². The lowest BCUT2D eigenvalue weighted by atomic mass is 10.1. The monoisotopic (exact) mass is 399 g/mol. The number of anilines is 2. The molecule has 150 valence electrons. The number of pyridine rings is 1. The number of amides is 1. The molecular weight excluding hydrogens is 378 g/mol. The van der Waals surface area contributed by atoms with Crippen molar-refractivity contribution in [2.45, 2.75) is 6.42 Å². The molecule has 0 radical (unpaired) electrons. The molecule has 30 heavy (non-hydrogen) atoms. The maximum Gasteiger partial charge on any atom is 0.275 e. The Morgan fingerprint density at radius 3 is 2.67 bits per heavy atom. The summed E-state index contributed by atoms with van der Waals surface area (Å²) in [5.74, 6) is 1.13. The van der Waals surface area contributed by atoms with E-state index in [4.69, 9.17) is 4.74 Å². The highest BCUT2D eigenvalue weighted by molar-refractivity contribution is 6.07. The van der Waals surface area contributed by atoms with Crippen molar-refractivity contribution >= 4 is 28.3 Å². The van der Waals surface area contributed by atoms with Gasteiger partial charge >= 0.3 is 0 Å². The van der Waals surface area contributed by atoms with E-state index < -0.39 is 0 Å². The number of benzene rings is 2. The lowest BCUT2D eigenvalue weighted by molar-refractivity contribution is 0.102. The molecular formula is C23H21N5O2. The van der Waals surface area contributed by atoms with Crippen molar-refractivity contribution in [2.24, 2.45) is 0 Å². The topological polar surface area (TPSA) is 89.0 Å². The molecule has 0 fully saturated rings. The number of nitrogens with one attached hydrogen (secondary N) is 2. The van der Waals surface area contributed by atoms with Crippen LogP contribution in [-0.4, -0.2) is 34.5 Å². The first kappa shape index (κ1) is 19.3. The Hall–Kier alpha value is -4.00. The summed E-state index contributed by atoms with van der Waals surface area (Å²) < 4.78 is 5.36. The Balaban J connectivity index is 1.37. The zero-order valence-corrected chi connectivity index (χ0v) is 16.5. The van der Waals surface area contributed by atoms with Gasteiger partial charge in [-0.25, -0.2) is 9.97 Å². The Morgan fingerprint density at radius 1 is 0.967 bits per heavy atom. The van der Waals surface area contributed by atoms with Crippen LogP contribution in [0.3, 0.4) is 0 Å². The summed E-state index contributed by atoms with van der Waals surface area (Å²) in [6.07, 6.45) is 5.49. The molecule has 0 saturated carbocycles. The minimum absolute atomic E-state index is 0.234. The second-order valence-electron chi connectivity index (χ2n) is 6.61. The number of fused-ring (bicyclic) bond motifs is 1. The number of ether oxygens (including phenoxy) is 1. The van der Waals surface area contributed by atoms with Crippen molar-refractivity contribution in [3.8, 4) is 5.75 Å². The first-order valence-corrected chi connectivity index (χ1v) is 9.57. The standard InChI is InChI=1S/C23H21N5O2/c1-30-20-10-3-2-6-16(20)11-13-24-21-15-26-19(14-27-21)23(29)28-18-9-4-7-17-8-5-12-25-22(17)18/h2-10,12,14-15H,11,13H2,1H3,(H,24,27)(H,28,29). The van der Waals surface area contributed by atoms with Gasteiger partial charge in [-0.15, -0.1) is 0 Å². The van der Waals surface area contributed by atoms with Gasteiger partial charge in [-0.05, 0) is 30.2 Å². The molecule has 4 rings (SSSR count). The first-order valence-electron chi connectivity index (χ1n) is 9.57. The van der Waals surface area contributed by atoms with E-state index in [1.807, 2.05) is 54.6 Å². The zero-order valence-electron chi connectivity index (χ0n) is 16.5. The quantitative estimate of drug-likeness (QED) is 0.489. The van der Waals surface area contributed by atoms with Crippen LogP contribution < -0.4 is 15.4 Å². The molecule has 7 heteroatoms. The predicted octanol–water partition coefficient (Wildman–Crippen LogP) is 3.94. The van der Waals surface area contributed by atoms with Crippen LogP contribution in [0.15, 0.2) is 73.2 Å². The van der Waals surface area contributed by atoms with Crippen molar-refractivity contribution in [3.05, 3.63) is 84.4 Å². The van der Waals surface area contributed by atoms with Gasteiger partial charge in [0.2, 0.25) is 0 Å². The average molecular weight is 399 g/mol. The molecule has 0 aliphatic heterocycles. The minimum atomic E-state index is -0.332. The van der Waals surface area contributed by atoms with Crippen molar-refractivity contribution in [3.63, 3.8) is 0 Å². The molecule has 0 aliphatic rings. The van der Waals surface area contributed by atoms with Gasteiger partial charge in [0.15, 0.2) is 0 Å². The lowest BCUT2D eigenvalue weighted by Crippen LogP contribution is -2.15. The number of nitrogens with zero attached hydrogens (tertiary/aromatic N) is 3. The van der Waals surface area contributed by atoms with Crippen molar-refractivity contribution in [2.75, 3.05) is 24.3 Å². The Kier molecular flexibility index (Phi) is 5.80. The van der Waals surface area contributed by atoms with Gasteiger partial charge in [0.1, 0.15) is 17.3 Å². The van der Waals surface area contributed by atoms with E-state index >= 15 is 0 Å². The van der Waals surface area contributed by atoms with Crippen LogP contribution in [0.25, 0.3) is 10.9 Å². The number of hydrogen-bond acceptors (Lipinski definition) is 6. The largest absolute Gasteiger partial charge is 0.496 e. The van der Waals surface area contributed by atoms with E-state index in [9.17, 15) is 4.79 Å². The highest BCUT2D eigenvalue weighted by atomic mass is 16.5. The molecule has 2 N–H and O–H groups in total. The van der Waals surface area contributed by atoms with Gasteiger partial charge in [-0.2, -0.15) is 0 Å². The Labute approximate surface area is 174 Å². The third-order valence-corrected chi connectivity index (χ3v) is 4.66. The fourth-order valence-electron chi connectivity index (χ4n) is 3.16. The van der Waals surface area contributed by atoms with Gasteiger partial charge in [0, 0.05) is 18.1 Å². The molecule has 2 aromatic carbocycles. The number of hydrogen-bond donors (Lipinski definition) is 2. The summed E-state index contributed by atoms with van der Waals surface area (Å²) in [6.45, 7) is 0.669. The summed E-state index contributed by atoms with van der Waals surface area (Å²) in [6, 6.07) is 17.3. The van der Waals surface area contributed by atoms with Crippen molar-refractivity contribution in [1.29, 1.82) is 0 Å². The predicted molar refractivity (Wildman–Crippen MR) is 117 cm³/mol. The molecule has 0 saturated heterocycles. The number of methoxy groups -OCH3 is 1. The highest BCUT2D eigenvalue weighted by Gasteiger charge is 2.11. The zero-order chi connectivity index (χ0) is 20.8. The van der Waals surface area contributed by atoms with Gasteiger partial charge in [0.25, 0.3) is 5.91 Å². The molecule has 0 spiro atoms. The molecule has 7 nitrogen and oxygen atoms in total. The van der Waals surface area contributed by atoms with Gasteiger partial charge in [-0.1, -0.05) is 36.4 Å². The van der Waals surface area contributed by atoms with Crippen LogP contribution >= 0.6 is 0 Å². The molecule has 0 atom stereocenters. The molecule has 0 unspecified atom stereocenters. The summed E-state index contributed by atoms with van der Waals surface area (Å²) >= 11 is 0. The van der Waals surface area contributed by atoms with E-state index in [-0.39, 0.29) is 11.6 Å². The summed E-state index contributed by atoms with van der Waals surface area (Å²) in [7, 11) is 1.66. The summed E-state index contributed by atoms with van der Waals surface area (Å²) in [5.41, 5.74) is 2.72. The molecule has 2 heterocycles. The van der Waals surface area contributed by atoms with Crippen LogP contribution in [0, 0.1) is 0 Å². The normalized spacial score (nSPS) is 10.6. The van der Waals surface area contributed by atoms with Gasteiger partial charge < -0.3 is 15.4 Å². The van der Waals surface area contributed by atoms with Crippen LogP contribution in [0.2, 0.25) is 0 Å². The first-order chi connectivity index (χ1) is 14.7. The van der Waals surface area contributed by atoms with Gasteiger partial charge in [0.05, 0.1) is 30.7 Å². The molecule has 0 bridgehead atoms. The van der Waals surface area contributed by atoms with E-state index in [0.29, 0.717) is 18.1 Å². The number of aromatic nitrogens is 3. The Bertz CT molecular complexity index is 1160. The van der Waals surface area contributed by atoms with Crippen LogP contribution in [-0.2, 0) is 6.42 Å². The number of rotatable bonds is 7. The van der Waals surface area contributed by atoms with Crippen molar-refractivity contribution < 1.29 is 9.53 Å².